The lowest BCUT2D eigenvalue weighted by atomic mass is 9.96. The van der Waals surface area contributed by atoms with E-state index in [4.69, 9.17) is 0 Å². The summed E-state index contributed by atoms with van der Waals surface area (Å²) >= 11 is 1.79. The van der Waals surface area contributed by atoms with Crippen molar-refractivity contribution in [1.29, 1.82) is 0 Å². The Bertz CT molecular complexity index is 531. The number of thiophene rings is 1. The largest absolute Gasteiger partial charge is 0.299 e. The van der Waals surface area contributed by atoms with Crippen molar-refractivity contribution in [1.82, 2.24) is 0 Å². The number of hydrogen-bond acceptors (Lipinski definition) is 2. The van der Waals surface area contributed by atoms with Gasteiger partial charge in [0.15, 0.2) is 0 Å². The normalized spacial score (nSPS) is 14.5. The van der Waals surface area contributed by atoms with Crippen LogP contribution >= 0.6 is 11.3 Å². The van der Waals surface area contributed by atoms with Crippen LogP contribution < -0.4 is 0 Å². The van der Waals surface area contributed by atoms with Crippen LogP contribution in [0, 0.1) is 5.92 Å². The molecule has 1 aromatic heterocycles. The molecular formula is C17H18OS. The smallest absolute Gasteiger partial charge is 0.136 e. The molecule has 0 fully saturated rings. The summed E-state index contributed by atoms with van der Waals surface area (Å²) in [4.78, 5) is 13.6. The maximum Gasteiger partial charge on any atom is 0.136 e. The van der Waals surface area contributed by atoms with Crippen molar-refractivity contribution >= 4 is 17.1 Å². The summed E-state index contributed by atoms with van der Waals surface area (Å²) in [5.74, 6) is 0.688. The molecule has 1 nitrogen and oxygen atoms in total. The topological polar surface area (TPSA) is 17.1 Å². The van der Waals surface area contributed by atoms with Gasteiger partial charge in [0.05, 0.1) is 0 Å². The van der Waals surface area contributed by atoms with E-state index in [0.29, 0.717) is 5.78 Å². The van der Waals surface area contributed by atoms with Gasteiger partial charge in [0.1, 0.15) is 5.78 Å². The number of hydrogen-bond donors (Lipinski definition) is 0. The van der Waals surface area contributed by atoms with Gasteiger partial charge in [-0.15, -0.1) is 11.3 Å². The highest BCUT2D eigenvalue weighted by atomic mass is 32.1. The van der Waals surface area contributed by atoms with Crippen LogP contribution in [-0.2, 0) is 24.1 Å². The molecule has 0 amide bonds. The van der Waals surface area contributed by atoms with Gasteiger partial charge in [-0.25, -0.2) is 0 Å². The van der Waals surface area contributed by atoms with Crippen LogP contribution in [0.4, 0.5) is 0 Å². The molecule has 98 valence electrons. The number of fused-ring (bicyclic) bond motifs is 1. The van der Waals surface area contributed by atoms with Crippen LogP contribution in [0.2, 0.25) is 0 Å². The highest BCUT2D eigenvalue weighted by Gasteiger charge is 2.26. The van der Waals surface area contributed by atoms with Gasteiger partial charge in [-0.2, -0.15) is 0 Å². The predicted octanol–water partition coefficient (Wildman–Crippen LogP) is 4.05. The molecule has 0 bridgehead atoms. The van der Waals surface area contributed by atoms with Crippen molar-refractivity contribution in [2.45, 2.75) is 32.1 Å². The lowest BCUT2D eigenvalue weighted by molar-refractivity contribution is -0.122. The zero-order valence-electron chi connectivity index (χ0n) is 11.0. The summed E-state index contributed by atoms with van der Waals surface area (Å²) in [6.45, 7) is 0. The fourth-order valence-electron chi connectivity index (χ4n) is 2.88. The monoisotopic (exact) mass is 270 g/mol. The van der Waals surface area contributed by atoms with E-state index in [2.05, 4.69) is 41.8 Å². The van der Waals surface area contributed by atoms with E-state index in [1.807, 2.05) is 0 Å². The molecule has 19 heavy (non-hydrogen) atoms. The van der Waals surface area contributed by atoms with Crippen molar-refractivity contribution in [3.8, 4) is 0 Å². The number of rotatable bonds is 5. The SMILES string of the molecule is O=C(CCCc1cccs1)C1Cc2ccccc2C1. The van der Waals surface area contributed by atoms with E-state index in [1.165, 1.54) is 16.0 Å². The highest BCUT2D eigenvalue weighted by Crippen LogP contribution is 2.28. The number of benzene rings is 1. The maximum atomic E-state index is 12.2. The van der Waals surface area contributed by atoms with Gasteiger partial charge < -0.3 is 0 Å². The Morgan fingerprint density at radius 2 is 1.84 bits per heavy atom. The molecule has 1 heterocycles. The van der Waals surface area contributed by atoms with Crippen LogP contribution in [0.5, 0.6) is 0 Å². The van der Waals surface area contributed by atoms with E-state index in [9.17, 15) is 4.79 Å². The fraction of sp³-hybridized carbons (Fsp3) is 0.353. The van der Waals surface area contributed by atoms with E-state index < -0.39 is 0 Å². The summed E-state index contributed by atoms with van der Waals surface area (Å²) in [7, 11) is 0. The molecule has 2 aromatic rings. The average Bonchev–Trinajstić information content (AvgIpc) is 3.07. The predicted molar refractivity (Wildman–Crippen MR) is 79.6 cm³/mol. The summed E-state index contributed by atoms with van der Waals surface area (Å²) in [5, 5.41) is 2.10. The van der Waals surface area contributed by atoms with Crippen molar-refractivity contribution in [3.63, 3.8) is 0 Å². The second kappa shape index (κ2) is 5.70. The molecule has 0 spiro atoms. The van der Waals surface area contributed by atoms with Gasteiger partial charge in [0, 0.05) is 17.2 Å². The third-order valence-corrected chi connectivity index (χ3v) is 4.87. The number of aryl methyl sites for hydroxylation is 1. The summed E-state index contributed by atoms with van der Waals surface area (Å²) < 4.78 is 0. The first kappa shape index (κ1) is 12.6. The molecule has 0 unspecified atom stereocenters. The van der Waals surface area contributed by atoms with Gasteiger partial charge in [-0.3, -0.25) is 4.79 Å². The number of Topliss-reactive ketones (excluding diaryl/α,β-unsaturated/α-hetero) is 1. The van der Waals surface area contributed by atoms with Crippen LogP contribution in [0.25, 0.3) is 0 Å². The first-order chi connectivity index (χ1) is 9.33. The fourth-order valence-corrected chi connectivity index (χ4v) is 3.63. The molecule has 1 aliphatic carbocycles. The molecule has 0 N–H and O–H groups in total. The van der Waals surface area contributed by atoms with Crippen molar-refractivity contribution < 1.29 is 4.79 Å². The van der Waals surface area contributed by atoms with Gasteiger partial charge in [-0.05, 0) is 48.3 Å². The van der Waals surface area contributed by atoms with Crippen LogP contribution in [0.3, 0.4) is 0 Å². The lowest BCUT2D eigenvalue weighted by Gasteiger charge is -2.07. The molecule has 0 atom stereocenters. The Labute approximate surface area is 118 Å². The van der Waals surface area contributed by atoms with Crippen molar-refractivity contribution in [2.24, 2.45) is 5.92 Å². The molecule has 0 aliphatic heterocycles. The van der Waals surface area contributed by atoms with Crippen molar-refractivity contribution in [2.75, 3.05) is 0 Å². The zero-order valence-corrected chi connectivity index (χ0v) is 11.8. The van der Waals surface area contributed by atoms with E-state index in [1.54, 1.807) is 11.3 Å². The highest BCUT2D eigenvalue weighted by molar-refractivity contribution is 7.09. The number of carbonyl (C=O) groups is 1. The quantitative estimate of drug-likeness (QED) is 0.801. The first-order valence-corrected chi connectivity index (χ1v) is 7.83. The summed E-state index contributed by atoms with van der Waals surface area (Å²) in [6.07, 6.45) is 4.67. The Kier molecular flexibility index (Phi) is 3.79. The van der Waals surface area contributed by atoms with Crippen LogP contribution in [0.15, 0.2) is 41.8 Å². The molecule has 0 radical (unpaired) electrons. The minimum absolute atomic E-state index is 0.237. The summed E-state index contributed by atoms with van der Waals surface area (Å²) in [6, 6.07) is 12.7. The van der Waals surface area contributed by atoms with E-state index in [0.717, 1.165) is 32.1 Å². The zero-order chi connectivity index (χ0) is 13.1. The van der Waals surface area contributed by atoms with E-state index in [-0.39, 0.29) is 5.92 Å². The second-order valence-electron chi connectivity index (χ2n) is 5.27. The Balaban J connectivity index is 1.50. The molecule has 1 aliphatic rings. The maximum absolute atomic E-state index is 12.2. The average molecular weight is 270 g/mol. The molecule has 0 saturated carbocycles. The van der Waals surface area contributed by atoms with E-state index >= 15 is 0 Å². The molecule has 1 aromatic carbocycles. The Hall–Kier alpha value is -1.41. The third kappa shape index (κ3) is 2.95. The van der Waals surface area contributed by atoms with Crippen molar-refractivity contribution in [3.05, 3.63) is 57.8 Å². The first-order valence-electron chi connectivity index (χ1n) is 6.95. The second-order valence-corrected chi connectivity index (χ2v) is 6.31. The summed E-state index contributed by atoms with van der Waals surface area (Å²) in [5.41, 5.74) is 2.75. The minimum Gasteiger partial charge on any atom is -0.299 e. The number of ketones is 1. The molecular weight excluding hydrogens is 252 g/mol. The Morgan fingerprint density at radius 1 is 1.11 bits per heavy atom. The molecule has 2 heteroatoms. The molecule has 3 rings (SSSR count). The van der Waals surface area contributed by atoms with Gasteiger partial charge in [0.2, 0.25) is 0 Å². The molecule has 0 saturated heterocycles. The number of carbonyl (C=O) groups excluding carboxylic acids is 1. The minimum atomic E-state index is 0.237. The van der Waals surface area contributed by atoms with Gasteiger partial charge >= 0.3 is 0 Å². The lowest BCUT2D eigenvalue weighted by Crippen LogP contribution is -2.14. The van der Waals surface area contributed by atoms with Gasteiger partial charge in [-0.1, -0.05) is 30.3 Å². The standard InChI is InChI=1S/C17H18OS/c18-17(9-3-7-16-8-4-10-19-16)15-11-13-5-1-2-6-14(13)12-15/h1-2,4-6,8,10,15H,3,7,9,11-12H2. The third-order valence-electron chi connectivity index (χ3n) is 3.93. The Morgan fingerprint density at radius 3 is 2.47 bits per heavy atom. The van der Waals surface area contributed by atoms with Crippen LogP contribution in [0.1, 0.15) is 28.8 Å². The van der Waals surface area contributed by atoms with Crippen LogP contribution in [-0.4, -0.2) is 5.78 Å². The van der Waals surface area contributed by atoms with Gasteiger partial charge in [0.25, 0.3) is 0 Å².